The maximum Gasteiger partial charge on any atom is 0.226 e. The molecule has 1 saturated heterocycles. The van der Waals surface area contributed by atoms with Gasteiger partial charge in [0.15, 0.2) is 0 Å². The van der Waals surface area contributed by atoms with Crippen LogP contribution in [0.4, 0.5) is 5.95 Å². The van der Waals surface area contributed by atoms with Crippen molar-refractivity contribution < 1.29 is 0 Å². The predicted molar refractivity (Wildman–Crippen MR) is 104 cm³/mol. The largest absolute Gasteiger partial charge is 0.341 e. The quantitative estimate of drug-likeness (QED) is 0.668. The highest BCUT2D eigenvalue weighted by Gasteiger charge is 2.16. The van der Waals surface area contributed by atoms with E-state index in [9.17, 15) is 0 Å². The van der Waals surface area contributed by atoms with E-state index in [4.69, 9.17) is 9.97 Å². The Hall–Kier alpha value is -2.68. The molecule has 2 aromatic carbocycles. The zero-order chi connectivity index (χ0) is 17.1. The Bertz CT molecular complexity index is 835. The number of anilines is 1. The summed E-state index contributed by atoms with van der Waals surface area (Å²) in [6, 6.07) is 21.1. The van der Waals surface area contributed by atoms with Gasteiger partial charge in [-0.15, -0.1) is 0 Å². The smallest absolute Gasteiger partial charge is 0.226 e. The highest BCUT2D eigenvalue weighted by molar-refractivity contribution is 5.69. The molecule has 1 aliphatic heterocycles. The van der Waals surface area contributed by atoms with E-state index in [1.165, 1.54) is 24.8 Å². The Balaban J connectivity index is 1.81. The maximum absolute atomic E-state index is 4.90. The molecule has 0 bridgehead atoms. The summed E-state index contributed by atoms with van der Waals surface area (Å²) in [7, 11) is 0. The molecule has 0 amide bonds. The van der Waals surface area contributed by atoms with Gasteiger partial charge in [0, 0.05) is 24.2 Å². The number of benzene rings is 2. The van der Waals surface area contributed by atoms with E-state index in [0.717, 1.165) is 41.6 Å². The fraction of sp³-hybridized carbons (Fsp3) is 0.273. The normalized spacial score (nSPS) is 14.5. The van der Waals surface area contributed by atoms with Gasteiger partial charge in [-0.25, -0.2) is 9.97 Å². The number of hydrogen-bond donors (Lipinski definition) is 0. The van der Waals surface area contributed by atoms with E-state index in [-0.39, 0.29) is 0 Å². The second kappa shape index (κ2) is 7.06. The van der Waals surface area contributed by atoms with E-state index in [1.54, 1.807) is 0 Å². The van der Waals surface area contributed by atoms with Crippen LogP contribution in [0.5, 0.6) is 0 Å². The summed E-state index contributed by atoms with van der Waals surface area (Å²) >= 11 is 0. The molecule has 0 spiro atoms. The first-order chi connectivity index (χ1) is 12.3. The Morgan fingerprint density at radius 1 is 0.720 bits per heavy atom. The fourth-order valence-electron chi connectivity index (χ4n) is 3.30. The topological polar surface area (TPSA) is 29.0 Å². The summed E-state index contributed by atoms with van der Waals surface area (Å²) in [6.07, 6.45) is 3.75. The van der Waals surface area contributed by atoms with Crippen LogP contribution in [0.3, 0.4) is 0 Å². The number of piperidine rings is 1. The van der Waals surface area contributed by atoms with Gasteiger partial charge in [0.05, 0.1) is 11.4 Å². The molecule has 3 heteroatoms. The van der Waals surface area contributed by atoms with Crippen molar-refractivity contribution in [3.05, 3.63) is 66.2 Å². The molecular formula is C22H23N3. The van der Waals surface area contributed by atoms with Crippen molar-refractivity contribution in [2.45, 2.75) is 26.2 Å². The van der Waals surface area contributed by atoms with Gasteiger partial charge in [-0.3, -0.25) is 0 Å². The third-order valence-corrected chi connectivity index (χ3v) is 4.77. The van der Waals surface area contributed by atoms with Crippen LogP contribution in [0.25, 0.3) is 22.5 Å². The summed E-state index contributed by atoms with van der Waals surface area (Å²) in [6.45, 7) is 4.20. The molecule has 1 aliphatic rings. The van der Waals surface area contributed by atoms with Crippen LogP contribution in [-0.4, -0.2) is 23.1 Å². The average Bonchev–Trinajstić information content (AvgIpc) is 2.69. The lowest BCUT2D eigenvalue weighted by Gasteiger charge is -2.27. The van der Waals surface area contributed by atoms with Crippen LogP contribution >= 0.6 is 0 Å². The first-order valence-electron chi connectivity index (χ1n) is 9.06. The molecule has 0 atom stereocenters. The van der Waals surface area contributed by atoms with Crippen LogP contribution in [0.2, 0.25) is 0 Å². The van der Waals surface area contributed by atoms with Gasteiger partial charge in [0.1, 0.15) is 0 Å². The Morgan fingerprint density at radius 3 is 1.96 bits per heavy atom. The van der Waals surface area contributed by atoms with Crippen LogP contribution in [0.1, 0.15) is 24.8 Å². The highest BCUT2D eigenvalue weighted by atomic mass is 15.3. The summed E-state index contributed by atoms with van der Waals surface area (Å²) in [5.74, 6) is 0.858. The zero-order valence-electron chi connectivity index (χ0n) is 14.7. The molecule has 2 heterocycles. The molecule has 0 unspecified atom stereocenters. The molecule has 126 valence electrons. The molecule has 0 aliphatic carbocycles. The first-order valence-corrected chi connectivity index (χ1v) is 9.06. The maximum atomic E-state index is 4.90. The monoisotopic (exact) mass is 329 g/mol. The summed E-state index contributed by atoms with van der Waals surface area (Å²) in [5.41, 5.74) is 5.53. The molecule has 1 fully saturated rings. The molecule has 4 rings (SSSR count). The molecule has 25 heavy (non-hydrogen) atoms. The molecule has 0 radical (unpaired) electrons. The molecular weight excluding hydrogens is 306 g/mol. The van der Waals surface area contributed by atoms with Crippen molar-refractivity contribution in [1.82, 2.24) is 9.97 Å². The zero-order valence-corrected chi connectivity index (χ0v) is 14.7. The average molecular weight is 329 g/mol. The third kappa shape index (κ3) is 3.55. The lowest BCUT2D eigenvalue weighted by Crippen LogP contribution is -2.31. The van der Waals surface area contributed by atoms with E-state index in [1.807, 2.05) is 6.07 Å². The van der Waals surface area contributed by atoms with Crippen molar-refractivity contribution in [3.8, 4) is 22.5 Å². The molecule has 3 nitrogen and oxygen atoms in total. The summed E-state index contributed by atoms with van der Waals surface area (Å²) in [4.78, 5) is 12.1. The lowest BCUT2D eigenvalue weighted by atomic mass is 10.1. The highest BCUT2D eigenvalue weighted by Crippen LogP contribution is 2.27. The van der Waals surface area contributed by atoms with E-state index in [0.29, 0.717) is 0 Å². The fourth-order valence-corrected chi connectivity index (χ4v) is 3.30. The molecule has 3 aromatic rings. The van der Waals surface area contributed by atoms with Gasteiger partial charge in [-0.1, -0.05) is 60.2 Å². The van der Waals surface area contributed by atoms with Crippen LogP contribution in [-0.2, 0) is 0 Å². The molecule has 1 aromatic heterocycles. The van der Waals surface area contributed by atoms with Gasteiger partial charge in [-0.05, 0) is 32.3 Å². The third-order valence-electron chi connectivity index (χ3n) is 4.77. The first kappa shape index (κ1) is 15.8. The second-order valence-electron chi connectivity index (χ2n) is 6.72. The number of hydrogen-bond acceptors (Lipinski definition) is 3. The van der Waals surface area contributed by atoms with Gasteiger partial charge in [0.2, 0.25) is 5.95 Å². The van der Waals surface area contributed by atoms with E-state index >= 15 is 0 Å². The lowest BCUT2D eigenvalue weighted by molar-refractivity contribution is 0.568. The minimum Gasteiger partial charge on any atom is -0.341 e. The standard InChI is InChI=1S/C22H23N3/c1-17-10-12-19(13-11-17)21-16-20(18-8-4-2-5-9-18)23-22(24-21)25-14-6-3-7-15-25/h2,4-5,8-13,16H,3,6-7,14-15H2,1H3. The predicted octanol–water partition coefficient (Wildman–Crippen LogP) is 5.11. The second-order valence-corrected chi connectivity index (χ2v) is 6.72. The molecule has 0 saturated carbocycles. The number of aryl methyl sites for hydroxylation is 1. The summed E-state index contributed by atoms with van der Waals surface area (Å²) < 4.78 is 0. The van der Waals surface area contributed by atoms with Crippen molar-refractivity contribution >= 4 is 5.95 Å². The number of aromatic nitrogens is 2. The number of rotatable bonds is 3. The number of nitrogens with zero attached hydrogens (tertiary/aromatic N) is 3. The van der Waals surface area contributed by atoms with Crippen molar-refractivity contribution in [1.29, 1.82) is 0 Å². The van der Waals surface area contributed by atoms with Crippen LogP contribution in [0.15, 0.2) is 60.7 Å². The van der Waals surface area contributed by atoms with Gasteiger partial charge < -0.3 is 4.90 Å². The van der Waals surface area contributed by atoms with Crippen LogP contribution in [0, 0.1) is 6.92 Å². The van der Waals surface area contributed by atoms with Gasteiger partial charge in [-0.2, -0.15) is 0 Å². The van der Waals surface area contributed by atoms with E-state index < -0.39 is 0 Å². The van der Waals surface area contributed by atoms with Crippen molar-refractivity contribution in [3.63, 3.8) is 0 Å². The van der Waals surface area contributed by atoms with Crippen LogP contribution < -0.4 is 4.90 Å². The van der Waals surface area contributed by atoms with E-state index in [2.05, 4.69) is 66.4 Å². The summed E-state index contributed by atoms with van der Waals surface area (Å²) in [5, 5.41) is 0. The Kier molecular flexibility index (Phi) is 4.47. The minimum atomic E-state index is 0.858. The Labute approximate surface area is 149 Å². The molecule has 0 N–H and O–H groups in total. The van der Waals surface area contributed by atoms with Crippen molar-refractivity contribution in [2.75, 3.05) is 18.0 Å². The van der Waals surface area contributed by atoms with Gasteiger partial charge >= 0.3 is 0 Å². The SMILES string of the molecule is Cc1ccc(-c2cc(-c3ccccc3)nc(N3CCCCC3)n2)cc1. The Morgan fingerprint density at radius 2 is 1.32 bits per heavy atom. The minimum absolute atomic E-state index is 0.858. The van der Waals surface area contributed by atoms with Crippen molar-refractivity contribution in [2.24, 2.45) is 0 Å². The van der Waals surface area contributed by atoms with Gasteiger partial charge in [0.25, 0.3) is 0 Å².